The van der Waals surface area contributed by atoms with Gasteiger partial charge < -0.3 is 4.57 Å². The third-order valence-corrected chi connectivity index (χ3v) is 9.95. The van der Waals surface area contributed by atoms with Gasteiger partial charge >= 0.3 is 0 Å². The zero-order valence-corrected chi connectivity index (χ0v) is 25.6. The van der Waals surface area contributed by atoms with Crippen LogP contribution in [0.2, 0.25) is 0 Å². The van der Waals surface area contributed by atoms with Crippen molar-refractivity contribution < 1.29 is 12.8 Å². The molecule has 4 aromatic heterocycles. The Morgan fingerprint density at radius 1 is 0.932 bits per heavy atom. The SMILES string of the molecule is Cn1cc2cc(-c3nc(-c4cccc5nn(C[C@H](F)c6ccc(S(C)(=O)=O)cc6)cc45)c(C4CC4)n3C)c(C3CC3)nc2n1. The Kier molecular flexibility index (Phi) is 6.07. The molecular weight excluding hydrogens is 577 g/mol. The fourth-order valence-corrected chi connectivity index (χ4v) is 6.92. The lowest BCUT2D eigenvalue weighted by Gasteiger charge is -2.10. The first-order valence-electron chi connectivity index (χ1n) is 15.0. The monoisotopic (exact) mass is 609 g/mol. The van der Waals surface area contributed by atoms with Gasteiger partial charge in [0.15, 0.2) is 15.5 Å². The van der Waals surface area contributed by atoms with Gasteiger partial charge in [0.1, 0.15) is 12.0 Å². The molecular formula is C33H32FN7O2S. The number of pyridine rings is 1. The van der Waals surface area contributed by atoms with Gasteiger partial charge in [0.05, 0.1) is 28.3 Å². The summed E-state index contributed by atoms with van der Waals surface area (Å²) >= 11 is 0. The van der Waals surface area contributed by atoms with E-state index in [1.165, 1.54) is 30.0 Å². The van der Waals surface area contributed by atoms with Crippen molar-refractivity contribution in [2.24, 2.45) is 14.1 Å². The van der Waals surface area contributed by atoms with E-state index in [1.807, 2.05) is 36.3 Å². The summed E-state index contributed by atoms with van der Waals surface area (Å²) in [7, 11) is 0.682. The highest BCUT2D eigenvalue weighted by atomic mass is 32.2. The second kappa shape index (κ2) is 9.82. The Labute approximate surface area is 254 Å². The van der Waals surface area contributed by atoms with Crippen LogP contribution in [-0.4, -0.2) is 48.8 Å². The highest BCUT2D eigenvalue weighted by molar-refractivity contribution is 7.90. The van der Waals surface area contributed by atoms with Gasteiger partial charge in [-0.05, 0) is 55.5 Å². The first-order valence-corrected chi connectivity index (χ1v) is 16.8. The second-order valence-corrected chi connectivity index (χ2v) is 14.3. The van der Waals surface area contributed by atoms with Gasteiger partial charge in [-0.25, -0.2) is 22.8 Å². The first kappa shape index (κ1) is 27.2. The first-order chi connectivity index (χ1) is 21.1. The highest BCUT2D eigenvalue weighted by Crippen LogP contribution is 2.49. The smallest absolute Gasteiger partial charge is 0.181 e. The summed E-state index contributed by atoms with van der Waals surface area (Å²) in [6.45, 7) is 0.0107. The van der Waals surface area contributed by atoms with Crippen LogP contribution >= 0.6 is 0 Å². The molecule has 0 unspecified atom stereocenters. The van der Waals surface area contributed by atoms with Gasteiger partial charge in [-0.3, -0.25) is 9.36 Å². The molecule has 9 nitrogen and oxygen atoms in total. The maximum Gasteiger partial charge on any atom is 0.181 e. The molecule has 44 heavy (non-hydrogen) atoms. The molecule has 0 radical (unpaired) electrons. The van der Waals surface area contributed by atoms with E-state index in [1.54, 1.807) is 4.68 Å². The average Bonchev–Trinajstić information content (AvgIpc) is 3.91. The third kappa shape index (κ3) is 4.70. The molecule has 0 amide bonds. The van der Waals surface area contributed by atoms with Crippen molar-refractivity contribution in [3.8, 4) is 22.6 Å². The molecule has 6 aromatic rings. The van der Waals surface area contributed by atoms with E-state index in [4.69, 9.17) is 15.1 Å². The van der Waals surface area contributed by atoms with Gasteiger partial charge in [0, 0.05) is 72.2 Å². The zero-order chi connectivity index (χ0) is 30.3. The normalized spacial score (nSPS) is 16.3. The van der Waals surface area contributed by atoms with Gasteiger partial charge in [-0.1, -0.05) is 24.3 Å². The number of fused-ring (bicyclic) bond motifs is 2. The molecule has 0 spiro atoms. The predicted molar refractivity (Wildman–Crippen MR) is 167 cm³/mol. The maximum absolute atomic E-state index is 15.4. The number of aromatic nitrogens is 7. The van der Waals surface area contributed by atoms with Crippen molar-refractivity contribution in [2.75, 3.05) is 6.26 Å². The average molecular weight is 610 g/mol. The van der Waals surface area contributed by atoms with E-state index < -0.39 is 16.0 Å². The zero-order valence-electron chi connectivity index (χ0n) is 24.8. The Morgan fingerprint density at radius 2 is 1.68 bits per heavy atom. The standard InChI is InChI=1S/C33H32FN7O2S/c1-39-16-22-15-25(29(20-7-8-20)35-32(22)38-39)33-36-30(31(40(33)2)21-9-10-21)24-5-4-6-28-26(24)17-41(37-28)18-27(34)19-11-13-23(14-12-19)44(3,42)43/h4-6,11-17,20-21,27H,7-10,18H2,1-3H3/t27-/m0/s1. The molecule has 8 rings (SSSR count). The number of hydrogen-bond acceptors (Lipinski definition) is 6. The van der Waals surface area contributed by atoms with Gasteiger partial charge in [-0.2, -0.15) is 10.2 Å². The molecule has 11 heteroatoms. The summed E-state index contributed by atoms with van der Waals surface area (Å²) in [5, 5.41) is 11.2. The van der Waals surface area contributed by atoms with Crippen LogP contribution in [0.15, 0.2) is 65.8 Å². The van der Waals surface area contributed by atoms with E-state index in [-0.39, 0.29) is 11.4 Å². The van der Waals surface area contributed by atoms with Crippen molar-refractivity contribution >= 4 is 31.8 Å². The number of imidazole rings is 1. The molecule has 4 heterocycles. The topological polar surface area (TPSA) is 100 Å². The summed E-state index contributed by atoms with van der Waals surface area (Å²) in [6.07, 6.45) is 8.19. The molecule has 2 saturated carbocycles. The van der Waals surface area contributed by atoms with E-state index in [0.717, 1.165) is 82.2 Å². The number of nitrogens with zero attached hydrogens (tertiary/aromatic N) is 7. The molecule has 1 atom stereocenters. The van der Waals surface area contributed by atoms with Gasteiger partial charge in [0.25, 0.3) is 0 Å². The lowest BCUT2D eigenvalue weighted by Crippen LogP contribution is -2.06. The predicted octanol–water partition coefficient (Wildman–Crippen LogP) is 6.25. The second-order valence-electron chi connectivity index (χ2n) is 12.3. The lowest BCUT2D eigenvalue weighted by molar-refractivity contribution is 0.293. The van der Waals surface area contributed by atoms with Crippen molar-refractivity contribution in [2.45, 2.75) is 55.1 Å². The summed E-state index contributed by atoms with van der Waals surface area (Å²) < 4.78 is 44.7. The van der Waals surface area contributed by atoms with Crippen LogP contribution in [0.1, 0.15) is 60.6 Å². The molecule has 2 fully saturated rings. The summed E-state index contributed by atoms with van der Waals surface area (Å²) in [5.41, 5.74) is 7.22. The summed E-state index contributed by atoms with van der Waals surface area (Å²) in [4.78, 5) is 10.5. The van der Waals surface area contributed by atoms with Crippen molar-refractivity contribution in [3.63, 3.8) is 0 Å². The Bertz CT molecular complexity index is 2190. The van der Waals surface area contributed by atoms with E-state index in [2.05, 4.69) is 28.8 Å². The number of aryl methyl sites for hydroxylation is 1. The minimum absolute atomic E-state index is 0.0107. The molecule has 0 N–H and O–H groups in total. The molecule has 2 aliphatic carbocycles. The van der Waals surface area contributed by atoms with Crippen LogP contribution in [0.25, 0.3) is 44.6 Å². The fraction of sp³-hybridized carbons (Fsp3) is 0.333. The molecule has 224 valence electrons. The molecule has 0 aliphatic heterocycles. The van der Waals surface area contributed by atoms with Crippen molar-refractivity contribution in [3.05, 3.63) is 77.9 Å². The maximum atomic E-state index is 15.4. The van der Waals surface area contributed by atoms with Crippen molar-refractivity contribution in [1.29, 1.82) is 0 Å². The van der Waals surface area contributed by atoms with Crippen LogP contribution in [0, 0.1) is 0 Å². The Morgan fingerprint density at radius 3 is 2.39 bits per heavy atom. The molecule has 2 aliphatic rings. The van der Waals surface area contributed by atoms with Crippen LogP contribution < -0.4 is 0 Å². The molecule has 0 saturated heterocycles. The van der Waals surface area contributed by atoms with Crippen LogP contribution in [-0.2, 0) is 30.5 Å². The third-order valence-electron chi connectivity index (χ3n) is 8.82. The lowest BCUT2D eigenvalue weighted by atomic mass is 10.0. The Balaban J connectivity index is 1.19. The van der Waals surface area contributed by atoms with Crippen LogP contribution in [0.4, 0.5) is 4.39 Å². The van der Waals surface area contributed by atoms with Gasteiger partial charge in [-0.15, -0.1) is 0 Å². The number of hydrogen-bond donors (Lipinski definition) is 0. The minimum Gasteiger partial charge on any atom is -0.330 e. The van der Waals surface area contributed by atoms with E-state index in [0.29, 0.717) is 17.4 Å². The van der Waals surface area contributed by atoms with E-state index in [9.17, 15) is 8.42 Å². The van der Waals surface area contributed by atoms with Gasteiger partial charge in [0.2, 0.25) is 0 Å². The quantitative estimate of drug-likeness (QED) is 0.202. The number of benzene rings is 2. The van der Waals surface area contributed by atoms with Crippen molar-refractivity contribution in [1.82, 2.24) is 34.1 Å². The van der Waals surface area contributed by atoms with E-state index >= 15 is 4.39 Å². The number of rotatable bonds is 8. The number of halogens is 1. The molecule has 2 aromatic carbocycles. The number of sulfone groups is 1. The highest BCUT2D eigenvalue weighted by Gasteiger charge is 2.35. The van der Waals surface area contributed by atoms with Crippen LogP contribution in [0.5, 0.6) is 0 Å². The largest absolute Gasteiger partial charge is 0.330 e. The fourth-order valence-electron chi connectivity index (χ4n) is 6.29. The summed E-state index contributed by atoms with van der Waals surface area (Å²) in [5.74, 6) is 1.78. The Hall–Kier alpha value is -4.38. The minimum atomic E-state index is -3.34. The van der Waals surface area contributed by atoms with Crippen LogP contribution in [0.3, 0.4) is 0 Å². The summed E-state index contributed by atoms with van der Waals surface area (Å²) in [6, 6.07) is 14.1. The number of alkyl halides is 1. The molecule has 0 bridgehead atoms.